The summed E-state index contributed by atoms with van der Waals surface area (Å²) in [5.74, 6) is -0.595. The maximum absolute atomic E-state index is 12.2. The maximum atomic E-state index is 12.2. The molecular weight excluding hydrogens is 368 g/mol. The van der Waals surface area contributed by atoms with Gasteiger partial charge in [0.05, 0.1) is 24.2 Å². The van der Waals surface area contributed by atoms with Crippen molar-refractivity contribution in [2.45, 2.75) is 13.8 Å². The molecule has 0 heterocycles. The molecule has 0 aromatic heterocycles. The fourth-order valence-electron chi connectivity index (χ4n) is 2.43. The van der Waals surface area contributed by atoms with Crippen LogP contribution in [0.5, 0.6) is 11.5 Å². The number of anilines is 1. The van der Waals surface area contributed by atoms with Crippen LogP contribution >= 0.6 is 0 Å². The lowest BCUT2D eigenvalue weighted by molar-refractivity contribution is -0.384. The number of aryl methyl sites for hydroxylation is 1. The van der Waals surface area contributed by atoms with Gasteiger partial charge >= 0.3 is 5.97 Å². The van der Waals surface area contributed by atoms with E-state index in [-0.39, 0.29) is 16.9 Å². The van der Waals surface area contributed by atoms with Gasteiger partial charge in [-0.25, -0.2) is 4.79 Å². The second kappa shape index (κ2) is 9.36. The SMILES string of the molecule is CCOc1ccc(C(=O)OCC(=O)Nc2c(C)cccc2[N+](=O)[O-])cc1OC. The molecule has 0 aliphatic heterocycles. The van der Waals surface area contributed by atoms with Crippen molar-refractivity contribution in [3.8, 4) is 11.5 Å². The standard InChI is InChI=1S/C19H20N2O7/c1-4-27-15-9-8-13(10-16(15)26-3)19(23)28-11-17(22)20-18-12(2)6-5-7-14(18)21(24)25/h5-10H,4,11H2,1-3H3,(H,20,22). The summed E-state index contributed by atoms with van der Waals surface area (Å²) in [6, 6.07) is 8.91. The molecule has 0 atom stereocenters. The molecule has 0 aliphatic rings. The minimum atomic E-state index is -0.740. The predicted molar refractivity (Wildman–Crippen MR) is 101 cm³/mol. The minimum Gasteiger partial charge on any atom is -0.493 e. The van der Waals surface area contributed by atoms with Gasteiger partial charge in [0.15, 0.2) is 18.1 Å². The number of methoxy groups -OCH3 is 1. The van der Waals surface area contributed by atoms with Crippen molar-refractivity contribution < 1.29 is 28.7 Å². The highest BCUT2D eigenvalue weighted by molar-refractivity contribution is 5.97. The molecule has 9 nitrogen and oxygen atoms in total. The molecule has 0 radical (unpaired) electrons. The molecule has 2 rings (SSSR count). The number of benzene rings is 2. The number of amides is 1. The Morgan fingerprint density at radius 2 is 1.93 bits per heavy atom. The highest BCUT2D eigenvalue weighted by Gasteiger charge is 2.19. The van der Waals surface area contributed by atoms with E-state index < -0.39 is 23.4 Å². The normalized spacial score (nSPS) is 10.1. The Hall–Kier alpha value is -3.62. The van der Waals surface area contributed by atoms with Crippen LogP contribution in [-0.2, 0) is 9.53 Å². The summed E-state index contributed by atoms with van der Waals surface area (Å²) >= 11 is 0. The molecule has 0 unspecified atom stereocenters. The topological polar surface area (TPSA) is 117 Å². The van der Waals surface area contributed by atoms with Gasteiger partial charge in [0.25, 0.3) is 11.6 Å². The van der Waals surface area contributed by atoms with E-state index >= 15 is 0 Å². The molecule has 9 heteroatoms. The Kier molecular flexibility index (Phi) is 6.91. The minimum absolute atomic E-state index is 0.0660. The first-order valence-electron chi connectivity index (χ1n) is 8.39. The molecule has 0 saturated heterocycles. The summed E-state index contributed by atoms with van der Waals surface area (Å²) < 4.78 is 15.5. The van der Waals surface area contributed by atoms with Crippen LogP contribution < -0.4 is 14.8 Å². The van der Waals surface area contributed by atoms with E-state index in [1.165, 1.54) is 31.4 Å². The van der Waals surface area contributed by atoms with E-state index in [0.717, 1.165) is 0 Å². The second-order valence-corrected chi connectivity index (χ2v) is 5.65. The molecule has 2 aromatic carbocycles. The number of rotatable bonds is 8. The van der Waals surface area contributed by atoms with Crippen LogP contribution in [0.15, 0.2) is 36.4 Å². The van der Waals surface area contributed by atoms with Gasteiger partial charge in [0.1, 0.15) is 5.69 Å². The first-order chi connectivity index (χ1) is 13.4. The van der Waals surface area contributed by atoms with Gasteiger partial charge < -0.3 is 19.5 Å². The lowest BCUT2D eigenvalue weighted by atomic mass is 10.1. The van der Waals surface area contributed by atoms with Crippen molar-refractivity contribution in [2.24, 2.45) is 0 Å². The Labute approximate surface area is 161 Å². The number of carbonyl (C=O) groups excluding carboxylic acids is 2. The monoisotopic (exact) mass is 388 g/mol. The smallest absolute Gasteiger partial charge is 0.338 e. The van der Waals surface area contributed by atoms with Crippen LogP contribution in [0.4, 0.5) is 11.4 Å². The molecular formula is C19H20N2O7. The van der Waals surface area contributed by atoms with Crippen molar-refractivity contribution in [1.29, 1.82) is 0 Å². The number of nitro groups is 1. The van der Waals surface area contributed by atoms with Gasteiger partial charge in [0, 0.05) is 6.07 Å². The molecule has 1 N–H and O–H groups in total. The van der Waals surface area contributed by atoms with Gasteiger partial charge in [0.2, 0.25) is 0 Å². The number of ether oxygens (including phenoxy) is 3. The van der Waals surface area contributed by atoms with Gasteiger partial charge in [-0.3, -0.25) is 14.9 Å². The average molecular weight is 388 g/mol. The summed E-state index contributed by atoms with van der Waals surface area (Å²) in [6.45, 7) is 3.28. The molecule has 1 amide bonds. The molecule has 0 fully saturated rings. The number of esters is 1. The third kappa shape index (κ3) is 4.97. The van der Waals surface area contributed by atoms with E-state index in [4.69, 9.17) is 14.2 Å². The molecule has 2 aromatic rings. The fraction of sp³-hybridized carbons (Fsp3) is 0.263. The highest BCUT2D eigenvalue weighted by atomic mass is 16.6. The zero-order chi connectivity index (χ0) is 20.7. The average Bonchev–Trinajstić information content (AvgIpc) is 2.68. The van der Waals surface area contributed by atoms with Crippen LogP contribution in [0.1, 0.15) is 22.8 Å². The zero-order valence-electron chi connectivity index (χ0n) is 15.7. The van der Waals surface area contributed by atoms with Gasteiger partial charge in [-0.15, -0.1) is 0 Å². The highest BCUT2D eigenvalue weighted by Crippen LogP contribution is 2.29. The van der Waals surface area contributed by atoms with Gasteiger partial charge in [-0.1, -0.05) is 12.1 Å². The van der Waals surface area contributed by atoms with Crippen molar-refractivity contribution in [2.75, 3.05) is 25.6 Å². The molecule has 0 spiro atoms. The Morgan fingerprint density at radius 3 is 2.57 bits per heavy atom. The Bertz CT molecular complexity index is 896. The molecule has 0 saturated carbocycles. The first kappa shape index (κ1) is 20.7. The van der Waals surface area contributed by atoms with Crippen molar-refractivity contribution in [1.82, 2.24) is 0 Å². The number of nitrogens with zero attached hydrogens (tertiary/aromatic N) is 1. The first-order valence-corrected chi connectivity index (χ1v) is 8.39. The van der Waals surface area contributed by atoms with Gasteiger partial charge in [-0.2, -0.15) is 0 Å². The van der Waals surface area contributed by atoms with E-state index in [2.05, 4.69) is 5.32 Å². The lowest BCUT2D eigenvalue weighted by Gasteiger charge is -2.11. The quantitative estimate of drug-likeness (QED) is 0.419. The van der Waals surface area contributed by atoms with Crippen LogP contribution in [0, 0.1) is 17.0 Å². The predicted octanol–water partition coefficient (Wildman–Crippen LogP) is 3.11. The van der Waals surface area contributed by atoms with Crippen molar-refractivity contribution in [3.63, 3.8) is 0 Å². The van der Waals surface area contributed by atoms with E-state index in [0.29, 0.717) is 23.7 Å². The Morgan fingerprint density at radius 1 is 1.18 bits per heavy atom. The molecule has 0 bridgehead atoms. The molecule has 0 aliphatic carbocycles. The number of carbonyl (C=O) groups is 2. The van der Waals surface area contributed by atoms with Gasteiger partial charge in [-0.05, 0) is 37.6 Å². The van der Waals surface area contributed by atoms with E-state index in [1.807, 2.05) is 6.92 Å². The second-order valence-electron chi connectivity index (χ2n) is 5.65. The third-order valence-corrected chi connectivity index (χ3v) is 3.75. The largest absolute Gasteiger partial charge is 0.493 e. The maximum Gasteiger partial charge on any atom is 0.338 e. The van der Waals surface area contributed by atoms with Crippen LogP contribution in [0.25, 0.3) is 0 Å². The number of nitro benzene ring substituents is 1. The van der Waals surface area contributed by atoms with Crippen LogP contribution in [-0.4, -0.2) is 37.1 Å². The molecule has 148 valence electrons. The summed E-state index contributed by atoms with van der Waals surface area (Å²) in [7, 11) is 1.44. The van der Waals surface area contributed by atoms with Crippen LogP contribution in [0.2, 0.25) is 0 Å². The Balaban J connectivity index is 2.04. The number of hydrogen-bond acceptors (Lipinski definition) is 7. The van der Waals surface area contributed by atoms with Crippen molar-refractivity contribution in [3.05, 3.63) is 57.6 Å². The fourth-order valence-corrected chi connectivity index (χ4v) is 2.43. The lowest BCUT2D eigenvalue weighted by Crippen LogP contribution is -2.22. The number of hydrogen-bond donors (Lipinski definition) is 1. The number of para-hydroxylation sites is 1. The van der Waals surface area contributed by atoms with Crippen LogP contribution in [0.3, 0.4) is 0 Å². The zero-order valence-corrected chi connectivity index (χ0v) is 15.7. The number of nitrogens with one attached hydrogen (secondary N) is 1. The summed E-state index contributed by atoms with van der Waals surface area (Å²) in [4.78, 5) is 34.7. The third-order valence-electron chi connectivity index (χ3n) is 3.75. The summed E-state index contributed by atoms with van der Waals surface area (Å²) in [5.41, 5.74) is 0.521. The summed E-state index contributed by atoms with van der Waals surface area (Å²) in [5, 5.41) is 13.5. The van der Waals surface area contributed by atoms with E-state index in [9.17, 15) is 19.7 Å². The van der Waals surface area contributed by atoms with Crippen molar-refractivity contribution >= 4 is 23.3 Å². The summed E-state index contributed by atoms with van der Waals surface area (Å²) in [6.07, 6.45) is 0. The van der Waals surface area contributed by atoms with E-state index in [1.54, 1.807) is 19.1 Å². The molecule has 28 heavy (non-hydrogen) atoms.